The van der Waals surface area contributed by atoms with Gasteiger partial charge in [-0.1, -0.05) is 35.9 Å². The van der Waals surface area contributed by atoms with Crippen LogP contribution in [-0.4, -0.2) is 44.5 Å². The second-order valence-corrected chi connectivity index (χ2v) is 7.24. The van der Waals surface area contributed by atoms with Crippen LogP contribution in [0.4, 0.5) is 10.5 Å². The monoisotopic (exact) mass is 429 g/mol. The predicted molar refractivity (Wildman–Crippen MR) is 122 cm³/mol. The number of aldehydes is 1. The molecule has 1 aliphatic heterocycles. The van der Waals surface area contributed by atoms with Crippen molar-refractivity contribution in [3.05, 3.63) is 70.3 Å². The van der Waals surface area contributed by atoms with Crippen LogP contribution in [0.3, 0.4) is 0 Å². The Balaban J connectivity index is 0.00000101. The minimum Gasteiger partial charge on any atom is -0.450 e. The zero-order valence-electron chi connectivity index (χ0n) is 17.5. The van der Waals surface area contributed by atoms with Crippen molar-refractivity contribution in [1.82, 2.24) is 10.2 Å². The predicted octanol–water partition coefficient (Wildman–Crippen LogP) is 4.56. The molecule has 0 aliphatic carbocycles. The van der Waals surface area contributed by atoms with Gasteiger partial charge in [-0.15, -0.1) is 0 Å². The van der Waals surface area contributed by atoms with E-state index < -0.39 is 0 Å². The summed E-state index contributed by atoms with van der Waals surface area (Å²) in [6.07, 6.45) is 3.04. The number of hydrogen-bond acceptors (Lipinski definition) is 5. The Labute approximate surface area is 182 Å². The van der Waals surface area contributed by atoms with Gasteiger partial charge in [0.2, 0.25) is 0 Å². The van der Waals surface area contributed by atoms with Gasteiger partial charge in [-0.2, -0.15) is 0 Å². The number of anilines is 1. The second kappa shape index (κ2) is 11.4. The third-order valence-corrected chi connectivity index (χ3v) is 4.80. The Bertz CT molecular complexity index is 914. The van der Waals surface area contributed by atoms with Crippen molar-refractivity contribution < 1.29 is 14.3 Å². The Morgan fingerprint density at radius 1 is 1.30 bits per heavy atom. The van der Waals surface area contributed by atoms with Crippen LogP contribution >= 0.6 is 11.6 Å². The average molecular weight is 430 g/mol. The molecule has 160 valence electrons. The molecule has 30 heavy (non-hydrogen) atoms. The number of halogens is 1. The van der Waals surface area contributed by atoms with Crippen LogP contribution in [0.1, 0.15) is 40.9 Å². The maximum Gasteiger partial charge on any atom is 0.410 e. The molecule has 1 amide bonds. The maximum absolute atomic E-state index is 12.5. The van der Waals surface area contributed by atoms with E-state index in [0.29, 0.717) is 35.8 Å². The molecule has 1 heterocycles. The molecule has 3 N–H and O–H groups in total. The van der Waals surface area contributed by atoms with E-state index in [4.69, 9.17) is 22.1 Å². The molecule has 1 unspecified atom stereocenters. The molecule has 3 rings (SSSR count). The highest BCUT2D eigenvalue weighted by Crippen LogP contribution is 2.36. The summed E-state index contributed by atoms with van der Waals surface area (Å²) in [4.78, 5) is 25.3. The number of ether oxygens (including phenoxy) is 1. The largest absolute Gasteiger partial charge is 0.450 e. The summed E-state index contributed by atoms with van der Waals surface area (Å²) in [6, 6.07) is 12.2. The zero-order chi connectivity index (χ0) is 22.1. The highest BCUT2D eigenvalue weighted by molar-refractivity contribution is 6.30. The van der Waals surface area contributed by atoms with Crippen LogP contribution < -0.4 is 11.1 Å². The number of benzene rings is 2. The zero-order valence-corrected chi connectivity index (χ0v) is 18.3. The van der Waals surface area contributed by atoms with Gasteiger partial charge in [-0.05, 0) is 62.8 Å². The van der Waals surface area contributed by atoms with Crippen LogP contribution in [0.25, 0.3) is 5.57 Å². The summed E-state index contributed by atoms with van der Waals surface area (Å²) in [5, 5.41) is 3.35. The van der Waals surface area contributed by atoms with Crippen molar-refractivity contribution in [2.75, 3.05) is 33.0 Å². The number of nitrogens with zero attached hydrogens (tertiary/aromatic N) is 1. The normalized spacial score (nSPS) is 15.5. The number of nitrogens with two attached hydrogens (primary N) is 1. The van der Waals surface area contributed by atoms with Crippen LogP contribution in [0.15, 0.2) is 48.5 Å². The van der Waals surface area contributed by atoms with E-state index in [0.717, 1.165) is 23.0 Å². The molecule has 0 spiro atoms. The Morgan fingerprint density at radius 2 is 2.03 bits per heavy atom. The molecule has 0 aromatic heterocycles. The molecule has 1 aliphatic rings. The third-order valence-electron chi connectivity index (χ3n) is 4.57. The van der Waals surface area contributed by atoms with Crippen molar-refractivity contribution >= 4 is 35.2 Å². The molecule has 7 heteroatoms. The first-order chi connectivity index (χ1) is 14.4. The van der Waals surface area contributed by atoms with Crippen LogP contribution in [-0.2, 0) is 4.74 Å². The van der Waals surface area contributed by atoms with Crippen molar-refractivity contribution in [1.29, 1.82) is 0 Å². The summed E-state index contributed by atoms with van der Waals surface area (Å²) in [5.74, 6) is 0. The molecule has 0 bridgehead atoms. The number of rotatable bonds is 4. The van der Waals surface area contributed by atoms with E-state index >= 15 is 0 Å². The molecule has 6 nitrogen and oxygen atoms in total. The fourth-order valence-electron chi connectivity index (χ4n) is 3.28. The molecule has 2 aromatic rings. The van der Waals surface area contributed by atoms with Gasteiger partial charge in [0.05, 0.1) is 12.6 Å². The van der Waals surface area contributed by atoms with Crippen molar-refractivity contribution in [2.24, 2.45) is 0 Å². The van der Waals surface area contributed by atoms with Gasteiger partial charge in [0.25, 0.3) is 0 Å². The lowest BCUT2D eigenvalue weighted by molar-refractivity contribution is 0.0968. The van der Waals surface area contributed by atoms with Crippen LogP contribution in [0.2, 0.25) is 5.02 Å². The molecule has 1 atom stereocenters. The number of hydrogen-bond donors (Lipinski definition) is 2. The topological polar surface area (TPSA) is 84.7 Å². The standard InChI is InChI=1S/C21H21ClN2O3.C2H7N/c1-2-27-21(26)24-9-8-15(18-12-17(22)6-7-19(18)23)11-20(24)16-5-3-4-14(10-16)13-25;1-3-2/h3-7,10-13,20H,2,8-9,23H2,1H3;3H,1-2H3. The quantitative estimate of drug-likeness (QED) is 0.549. The minimum absolute atomic E-state index is 0.300. The molecule has 0 fully saturated rings. The molecular weight excluding hydrogens is 402 g/mol. The van der Waals surface area contributed by atoms with Gasteiger partial charge in [-0.25, -0.2) is 4.79 Å². The van der Waals surface area contributed by atoms with E-state index in [9.17, 15) is 9.59 Å². The fraction of sp³-hybridized carbons (Fsp3) is 0.304. The second-order valence-electron chi connectivity index (χ2n) is 6.80. The van der Waals surface area contributed by atoms with Crippen molar-refractivity contribution in [3.8, 4) is 0 Å². The summed E-state index contributed by atoms with van der Waals surface area (Å²) in [5.41, 5.74) is 10.0. The number of nitrogens with one attached hydrogen (secondary N) is 1. The van der Waals surface area contributed by atoms with E-state index in [2.05, 4.69) is 5.32 Å². The van der Waals surface area contributed by atoms with E-state index in [-0.39, 0.29) is 12.1 Å². The lowest BCUT2D eigenvalue weighted by Crippen LogP contribution is -2.38. The lowest BCUT2D eigenvalue weighted by Gasteiger charge is -2.34. The van der Waals surface area contributed by atoms with E-state index in [1.165, 1.54) is 0 Å². The molecule has 0 radical (unpaired) electrons. The third kappa shape index (κ3) is 5.84. The Kier molecular flexibility index (Phi) is 8.89. The highest BCUT2D eigenvalue weighted by Gasteiger charge is 2.29. The average Bonchev–Trinajstić information content (AvgIpc) is 2.76. The summed E-state index contributed by atoms with van der Waals surface area (Å²) in [7, 11) is 3.75. The number of carbonyl (C=O) groups excluding carboxylic acids is 2. The first-order valence-corrected chi connectivity index (χ1v) is 10.2. The van der Waals surface area contributed by atoms with E-state index in [1.54, 1.807) is 42.2 Å². The SMILES string of the molecule is CCOC(=O)N1CCC(c2cc(Cl)ccc2N)=CC1c1cccc(C=O)c1.CNC. The van der Waals surface area contributed by atoms with Crippen LogP contribution in [0, 0.1) is 0 Å². The van der Waals surface area contributed by atoms with Gasteiger partial charge in [-0.3, -0.25) is 9.69 Å². The summed E-state index contributed by atoms with van der Waals surface area (Å²) in [6.45, 7) is 2.55. The van der Waals surface area contributed by atoms with Crippen LogP contribution in [0.5, 0.6) is 0 Å². The Morgan fingerprint density at radius 3 is 2.70 bits per heavy atom. The van der Waals surface area contributed by atoms with Gasteiger partial charge in [0, 0.05) is 28.4 Å². The molecule has 0 saturated carbocycles. The lowest BCUT2D eigenvalue weighted by atomic mass is 9.91. The van der Waals surface area contributed by atoms with Gasteiger partial charge < -0.3 is 15.8 Å². The number of amides is 1. The minimum atomic E-state index is -0.381. The van der Waals surface area contributed by atoms with Gasteiger partial charge >= 0.3 is 6.09 Å². The summed E-state index contributed by atoms with van der Waals surface area (Å²) < 4.78 is 5.22. The van der Waals surface area contributed by atoms with E-state index in [1.807, 2.05) is 32.3 Å². The first kappa shape index (κ1) is 23.4. The molecule has 2 aromatic carbocycles. The number of carbonyl (C=O) groups is 2. The molecular formula is C23H28ClN3O3. The van der Waals surface area contributed by atoms with Crippen molar-refractivity contribution in [3.63, 3.8) is 0 Å². The first-order valence-electron chi connectivity index (χ1n) is 9.78. The summed E-state index contributed by atoms with van der Waals surface area (Å²) >= 11 is 6.14. The number of nitrogen functional groups attached to an aromatic ring is 1. The van der Waals surface area contributed by atoms with Gasteiger partial charge in [0.15, 0.2) is 0 Å². The Hall–Kier alpha value is -2.83. The van der Waals surface area contributed by atoms with Crippen molar-refractivity contribution in [2.45, 2.75) is 19.4 Å². The maximum atomic E-state index is 12.5. The van der Waals surface area contributed by atoms with Gasteiger partial charge in [0.1, 0.15) is 6.29 Å². The smallest absolute Gasteiger partial charge is 0.410 e. The highest BCUT2D eigenvalue weighted by atomic mass is 35.5. The fourth-order valence-corrected chi connectivity index (χ4v) is 3.45. The molecule has 0 saturated heterocycles.